The molecule has 0 aliphatic carbocycles. The van der Waals surface area contributed by atoms with Crippen molar-refractivity contribution in [1.29, 1.82) is 0 Å². The van der Waals surface area contributed by atoms with E-state index in [1.54, 1.807) is 30.6 Å². The van der Waals surface area contributed by atoms with Crippen molar-refractivity contribution in [1.82, 2.24) is 0 Å². The molecule has 0 amide bonds. The van der Waals surface area contributed by atoms with Crippen LogP contribution < -0.4 is 4.74 Å². The molecule has 0 N–H and O–H groups in total. The number of thiophene rings is 1. The van der Waals surface area contributed by atoms with Gasteiger partial charge in [-0.3, -0.25) is 0 Å². The van der Waals surface area contributed by atoms with E-state index in [1.165, 1.54) is 17.0 Å². The highest BCUT2D eigenvalue weighted by Crippen LogP contribution is 2.35. The van der Waals surface area contributed by atoms with E-state index in [4.69, 9.17) is 4.74 Å². The number of methoxy groups -OCH3 is 1. The molecular weight excluding hydrogens is 271 g/mol. The minimum atomic E-state index is -0.210. The molecule has 0 radical (unpaired) electrons. The minimum Gasteiger partial charge on any atom is -0.497 e. The number of rotatable bonds is 3. The van der Waals surface area contributed by atoms with Crippen LogP contribution in [0.15, 0.2) is 60.7 Å². The lowest BCUT2D eigenvalue weighted by atomic mass is 10.1. The van der Waals surface area contributed by atoms with Crippen molar-refractivity contribution >= 4 is 11.3 Å². The van der Waals surface area contributed by atoms with Gasteiger partial charge in [-0.15, -0.1) is 11.3 Å². The van der Waals surface area contributed by atoms with Crippen LogP contribution >= 0.6 is 11.3 Å². The first-order valence-electron chi connectivity index (χ1n) is 6.26. The van der Waals surface area contributed by atoms with Crippen molar-refractivity contribution in [2.45, 2.75) is 0 Å². The maximum atomic E-state index is 12.9. The van der Waals surface area contributed by atoms with Gasteiger partial charge in [-0.2, -0.15) is 0 Å². The van der Waals surface area contributed by atoms with Crippen LogP contribution in [0, 0.1) is 5.82 Å². The normalized spacial score (nSPS) is 10.5. The van der Waals surface area contributed by atoms with Crippen LogP contribution in [-0.4, -0.2) is 7.11 Å². The molecule has 0 saturated carbocycles. The van der Waals surface area contributed by atoms with Crippen molar-refractivity contribution in [3.63, 3.8) is 0 Å². The van der Waals surface area contributed by atoms with E-state index in [2.05, 4.69) is 18.2 Å². The summed E-state index contributed by atoms with van der Waals surface area (Å²) in [5, 5.41) is 0. The molecule has 0 aliphatic rings. The molecule has 0 spiro atoms. The third kappa shape index (κ3) is 2.58. The largest absolute Gasteiger partial charge is 0.497 e. The molecule has 0 saturated heterocycles. The van der Waals surface area contributed by atoms with Crippen LogP contribution in [0.4, 0.5) is 4.39 Å². The molecule has 0 fully saturated rings. The predicted molar refractivity (Wildman–Crippen MR) is 81.7 cm³/mol. The summed E-state index contributed by atoms with van der Waals surface area (Å²) in [5.74, 6) is 0.637. The summed E-state index contributed by atoms with van der Waals surface area (Å²) in [5.41, 5.74) is 2.16. The third-order valence-electron chi connectivity index (χ3n) is 3.09. The first-order chi connectivity index (χ1) is 9.76. The van der Waals surface area contributed by atoms with Crippen molar-refractivity contribution in [3.8, 4) is 26.6 Å². The zero-order chi connectivity index (χ0) is 13.9. The molecule has 1 nitrogen and oxygen atoms in total. The van der Waals surface area contributed by atoms with E-state index in [-0.39, 0.29) is 5.82 Å². The second-order valence-corrected chi connectivity index (χ2v) is 5.49. The molecule has 0 atom stereocenters. The summed E-state index contributed by atoms with van der Waals surface area (Å²) in [4.78, 5) is 2.30. The molecule has 3 rings (SSSR count). The van der Waals surface area contributed by atoms with Crippen molar-refractivity contribution in [2.24, 2.45) is 0 Å². The van der Waals surface area contributed by atoms with Gasteiger partial charge in [0.05, 0.1) is 7.11 Å². The number of halogens is 1. The first kappa shape index (κ1) is 12.9. The fourth-order valence-corrected chi connectivity index (χ4v) is 3.05. The molecule has 1 heterocycles. The maximum Gasteiger partial charge on any atom is 0.123 e. The smallest absolute Gasteiger partial charge is 0.123 e. The van der Waals surface area contributed by atoms with Gasteiger partial charge in [0.15, 0.2) is 0 Å². The van der Waals surface area contributed by atoms with Crippen LogP contribution in [0.5, 0.6) is 5.75 Å². The number of hydrogen-bond acceptors (Lipinski definition) is 2. The molecule has 1 aromatic heterocycles. The fraction of sp³-hybridized carbons (Fsp3) is 0.0588. The lowest BCUT2D eigenvalue weighted by Crippen LogP contribution is -1.81. The molecule has 100 valence electrons. The average molecular weight is 284 g/mol. The topological polar surface area (TPSA) is 9.23 Å². The lowest BCUT2D eigenvalue weighted by molar-refractivity contribution is 0.415. The highest BCUT2D eigenvalue weighted by molar-refractivity contribution is 7.18. The van der Waals surface area contributed by atoms with Crippen molar-refractivity contribution in [3.05, 3.63) is 66.5 Å². The van der Waals surface area contributed by atoms with Gasteiger partial charge < -0.3 is 4.74 Å². The second kappa shape index (κ2) is 5.47. The van der Waals surface area contributed by atoms with E-state index < -0.39 is 0 Å². The molecule has 2 aromatic carbocycles. The summed E-state index contributed by atoms with van der Waals surface area (Å²) in [6, 6.07) is 18.7. The Morgan fingerprint density at radius 1 is 0.850 bits per heavy atom. The maximum absolute atomic E-state index is 12.9. The SMILES string of the molecule is COc1cccc(-c2ccc(-c3ccc(F)cc3)s2)c1. The molecule has 20 heavy (non-hydrogen) atoms. The van der Waals surface area contributed by atoms with Crippen LogP contribution in [0.2, 0.25) is 0 Å². The highest BCUT2D eigenvalue weighted by atomic mass is 32.1. The lowest BCUT2D eigenvalue weighted by Gasteiger charge is -2.02. The Morgan fingerprint density at radius 3 is 2.25 bits per heavy atom. The molecule has 0 aliphatic heterocycles. The minimum absolute atomic E-state index is 0.210. The third-order valence-corrected chi connectivity index (χ3v) is 4.27. The fourth-order valence-electron chi connectivity index (χ4n) is 2.04. The van der Waals surface area contributed by atoms with E-state index >= 15 is 0 Å². The molecular formula is C17H13FOS. The van der Waals surface area contributed by atoms with Gasteiger partial charge in [0.2, 0.25) is 0 Å². The molecule has 3 heteroatoms. The summed E-state index contributed by atoms with van der Waals surface area (Å²) in [6.45, 7) is 0. The number of hydrogen-bond donors (Lipinski definition) is 0. The zero-order valence-corrected chi connectivity index (χ0v) is 11.8. The Morgan fingerprint density at radius 2 is 1.55 bits per heavy atom. The Kier molecular flexibility index (Phi) is 3.52. The average Bonchev–Trinajstić information content (AvgIpc) is 2.98. The Hall–Kier alpha value is -2.13. The van der Waals surface area contributed by atoms with Crippen LogP contribution in [0.3, 0.4) is 0 Å². The van der Waals surface area contributed by atoms with E-state index in [1.807, 2.05) is 18.2 Å². The van der Waals surface area contributed by atoms with Gasteiger partial charge in [-0.25, -0.2) is 4.39 Å². The van der Waals surface area contributed by atoms with Gasteiger partial charge in [-0.05, 0) is 47.5 Å². The van der Waals surface area contributed by atoms with E-state index in [0.717, 1.165) is 21.8 Å². The van der Waals surface area contributed by atoms with Crippen molar-refractivity contribution < 1.29 is 9.13 Å². The van der Waals surface area contributed by atoms with Crippen LogP contribution in [0.25, 0.3) is 20.9 Å². The second-order valence-electron chi connectivity index (χ2n) is 4.40. The summed E-state index contributed by atoms with van der Waals surface area (Å²) >= 11 is 1.69. The monoisotopic (exact) mass is 284 g/mol. The highest BCUT2D eigenvalue weighted by Gasteiger charge is 2.06. The van der Waals surface area contributed by atoms with Crippen LogP contribution in [0.1, 0.15) is 0 Å². The van der Waals surface area contributed by atoms with Crippen molar-refractivity contribution in [2.75, 3.05) is 7.11 Å². The Labute approximate surface area is 121 Å². The van der Waals surface area contributed by atoms with Crippen LogP contribution in [-0.2, 0) is 0 Å². The van der Waals surface area contributed by atoms with Gasteiger partial charge in [0.1, 0.15) is 11.6 Å². The van der Waals surface area contributed by atoms with Gasteiger partial charge in [0.25, 0.3) is 0 Å². The summed E-state index contributed by atoms with van der Waals surface area (Å²) in [7, 11) is 1.66. The number of benzene rings is 2. The summed E-state index contributed by atoms with van der Waals surface area (Å²) < 4.78 is 18.2. The Bertz CT molecular complexity index is 716. The molecule has 0 unspecified atom stereocenters. The molecule has 0 bridgehead atoms. The van der Waals surface area contributed by atoms with Gasteiger partial charge in [-0.1, -0.05) is 24.3 Å². The van der Waals surface area contributed by atoms with Gasteiger partial charge >= 0.3 is 0 Å². The van der Waals surface area contributed by atoms with E-state index in [0.29, 0.717) is 0 Å². The summed E-state index contributed by atoms with van der Waals surface area (Å²) in [6.07, 6.45) is 0. The standard InChI is InChI=1S/C17H13FOS/c1-19-15-4-2-3-13(11-15)17-10-9-16(20-17)12-5-7-14(18)8-6-12/h2-11H,1H3. The predicted octanol–water partition coefficient (Wildman–Crippen LogP) is 5.23. The van der Waals surface area contributed by atoms with E-state index in [9.17, 15) is 4.39 Å². The van der Waals surface area contributed by atoms with Gasteiger partial charge in [0, 0.05) is 9.75 Å². The quantitative estimate of drug-likeness (QED) is 0.640. The number of ether oxygens (including phenoxy) is 1. The Balaban J connectivity index is 1.95. The molecule has 3 aromatic rings. The zero-order valence-electron chi connectivity index (χ0n) is 11.0. The first-order valence-corrected chi connectivity index (χ1v) is 7.08.